The van der Waals surface area contributed by atoms with Gasteiger partial charge in [0.1, 0.15) is 13.2 Å². The highest BCUT2D eigenvalue weighted by Gasteiger charge is 2.18. The summed E-state index contributed by atoms with van der Waals surface area (Å²) in [5.74, 6) is 0.884. The molecule has 154 valence electrons. The number of hydrogen-bond acceptors (Lipinski definition) is 7. The molecule has 0 N–H and O–H groups in total. The minimum atomic E-state index is -0.442. The third-order valence-corrected chi connectivity index (χ3v) is 5.97. The van der Waals surface area contributed by atoms with Crippen LogP contribution in [0, 0.1) is 5.82 Å². The third-order valence-electron chi connectivity index (χ3n) is 5.02. The first kappa shape index (κ1) is 18.1. The van der Waals surface area contributed by atoms with Crippen molar-refractivity contribution >= 4 is 28.3 Å². The maximum absolute atomic E-state index is 14.7. The second-order valence-corrected chi connectivity index (χ2v) is 8.13. The minimum absolute atomic E-state index is 0.173. The fourth-order valence-electron chi connectivity index (χ4n) is 3.58. The lowest BCUT2D eigenvalue weighted by Crippen LogP contribution is -2.15. The molecule has 1 aromatic carbocycles. The van der Waals surface area contributed by atoms with Gasteiger partial charge < -0.3 is 9.47 Å². The maximum Gasteiger partial charge on any atom is 0.200 e. The van der Waals surface area contributed by atoms with Gasteiger partial charge in [-0.05, 0) is 36.0 Å². The molecule has 0 amide bonds. The van der Waals surface area contributed by atoms with Crippen molar-refractivity contribution in [1.29, 1.82) is 0 Å². The summed E-state index contributed by atoms with van der Waals surface area (Å²) < 4.78 is 29.5. The molecule has 0 bridgehead atoms. The van der Waals surface area contributed by atoms with Crippen molar-refractivity contribution in [3.05, 3.63) is 54.9 Å². The quantitative estimate of drug-likeness (QED) is 0.428. The van der Waals surface area contributed by atoms with E-state index in [-0.39, 0.29) is 5.65 Å². The van der Waals surface area contributed by atoms with Gasteiger partial charge in [-0.1, -0.05) is 0 Å². The molecule has 0 atom stereocenters. The number of aryl methyl sites for hydroxylation is 1. The number of fused-ring (bicyclic) bond motifs is 4. The van der Waals surface area contributed by atoms with Gasteiger partial charge in [-0.15, -0.1) is 10.2 Å². The van der Waals surface area contributed by atoms with E-state index in [1.807, 2.05) is 37.6 Å². The number of aromatic nitrogens is 6. The molecule has 1 aliphatic rings. The zero-order valence-electron chi connectivity index (χ0n) is 16.3. The summed E-state index contributed by atoms with van der Waals surface area (Å²) in [6.45, 7) is 1.000. The summed E-state index contributed by atoms with van der Waals surface area (Å²) in [4.78, 5) is 5.34. The SMILES string of the molecule is Cn1cc(-c2cc(F)c3nnc(Sc4ccc5ncc6c(c5c4)OCCO6)n3c2)cn1. The average Bonchev–Trinajstić information content (AvgIpc) is 3.40. The summed E-state index contributed by atoms with van der Waals surface area (Å²) in [6.07, 6.45) is 7.02. The van der Waals surface area contributed by atoms with E-state index in [0.29, 0.717) is 35.4 Å². The predicted octanol–water partition coefficient (Wildman–Crippen LogP) is 3.74. The van der Waals surface area contributed by atoms with Gasteiger partial charge in [0.05, 0.1) is 17.9 Å². The Morgan fingerprint density at radius 1 is 1.03 bits per heavy atom. The molecular formula is C21H15FN6O2S. The number of halogens is 1. The molecule has 6 rings (SSSR count). The zero-order valence-corrected chi connectivity index (χ0v) is 17.1. The molecule has 31 heavy (non-hydrogen) atoms. The van der Waals surface area contributed by atoms with E-state index in [1.165, 1.54) is 17.8 Å². The van der Waals surface area contributed by atoms with E-state index in [1.54, 1.807) is 21.5 Å². The van der Waals surface area contributed by atoms with Crippen LogP contribution < -0.4 is 9.47 Å². The third kappa shape index (κ3) is 3.07. The van der Waals surface area contributed by atoms with Crippen LogP contribution in [0.5, 0.6) is 11.5 Å². The van der Waals surface area contributed by atoms with Crippen LogP contribution in [0.4, 0.5) is 4.39 Å². The lowest BCUT2D eigenvalue weighted by molar-refractivity contribution is 0.173. The Morgan fingerprint density at radius 3 is 2.81 bits per heavy atom. The second kappa shape index (κ2) is 6.95. The molecular weight excluding hydrogens is 419 g/mol. The molecule has 5 aromatic rings. The first-order valence-electron chi connectivity index (χ1n) is 9.55. The van der Waals surface area contributed by atoms with Gasteiger partial charge in [0.2, 0.25) is 5.16 Å². The Kier molecular flexibility index (Phi) is 4.06. The van der Waals surface area contributed by atoms with Gasteiger partial charge in [-0.2, -0.15) is 5.10 Å². The van der Waals surface area contributed by atoms with Crippen LogP contribution in [-0.4, -0.2) is 42.6 Å². The molecule has 1 aliphatic heterocycles. The first-order chi connectivity index (χ1) is 15.2. The number of benzene rings is 1. The first-order valence-corrected chi connectivity index (χ1v) is 10.4. The summed E-state index contributed by atoms with van der Waals surface area (Å²) >= 11 is 1.38. The van der Waals surface area contributed by atoms with Crippen LogP contribution >= 0.6 is 11.8 Å². The summed E-state index contributed by atoms with van der Waals surface area (Å²) in [5.41, 5.74) is 2.49. The van der Waals surface area contributed by atoms with Crippen molar-refractivity contribution in [3.63, 3.8) is 0 Å². The summed E-state index contributed by atoms with van der Waals surface area (Å²) in [7, 11) is 1.82. The van der Waals surface area contributed by atoms with Gasteiger partial charge in [-0.25, -0.2) is 4.39 Å². The Morgan fingerprint density at radius 2 is 1.94 bits per heavy atom. The number of rotatable bonds is 3. The topological polar surface area (TPSA) is 79.4 Å². The molecule has 10 heteroatoms. The molecule has 8 nitrogen and oxygen atoms in total. The van der Waals surface area contributed by atoms with Gasteiger partial charge in [0.15, 0.2) is 23.0 Å². The lowest BCUT2D eigenvalue weighted by atomic mass is 10.1. The Hall–Kier alpha value is -3.66. The van der Waals surface area contributed by atoms with Crippen molar-refractivity contribution in [1.82, 2.24) is 29.4 Å². The van der Waals surface area contributed by atoms with Crippen molar-refractivity contribution in [2.75, 3.05) is 13.2 Å². The van der Waals surface area contributed by atoms with Crippen LogP contribution in [0.2, 0.25) is 0 Å². The lowest BCUT2D eigenvalue weighted by Gasteiger charge is -2.19. The molecule has 4 aromatic heterocycles. The predicted molar refractivity (Wildman–Crippen MR) is 112 cm³/mol. The maximum atomic E-state index is 14.7. The minimum Gasteiger partial charge on any atom is -0.485 e. The highest BCUT2D eigenvalue weighted by Crippen LogP contribution is 2.39. The average molecular weight is 434 g/mol. The normalized spacial score (nSPS) is 13.2. The summed E-state index contributed by atoms with van der Waals surface area (Å²) in [5, 5.41) is 13.8. The summed E-state index contributed by atoms with van der Waals surface area (Å²) in [6, 6.07) is 7.28. The van der Waals surface area contributed by atoms with E-state index in [9.17, 15) is 4.39 Å². The number of ether oxygens (including phenoxy) is 2. The van der Waals surface area contributed by atoms with Gasteiger partial charge in [0, 0.05) is 40.8 Å². The fraction of sp³-hybridized carbons (Fsp3) is 0.143. The molecule has 0 radical (unpaired) electrons. The van der Waals surface area contributed by atoms with Gasteiger partial charge >= 0.3 is 0 Å². The van der Waals surface area contributed by atoms with E-state index in [0.717, 1.165) is 21.4 Å². The molecule has 0 fully saturated rings. The smallest absolute Gasteiger partial charge is 0.200 e. The molecule has 0 spiro atoms. The fourth-order valence-corrected chi connectivity index (χ4v) is 4.42. The van der Waals surface area contributed by atoms with Crippen molar-refractivity contribution < 1.29 is 13.9 Å². The number of nitrogens with zero attached hydrogens (tertiary/aromatic N) is 6. The van der Waals surface area contributed by atoms with E-state index >= 15 is 0 Å². The van der Waals surface area contributed by atoms with Crippen molar-refractivity contribution in [2.45, 2.75) is 10.1 Å². The number of pyridine rings is 2. The molecule has 5 heterocycles. The molecule has 0 unspecified atom stereocenters. The largest absolute Gasteiger partial charge is 0.485 e. The van der Waals surface area contributed by atoms with Crippen LogP contribution in [0.1, 0.15) is 0 Å². The van der Waals surface area contributed by atoms with Crippen molar-refractivity contribution in [2.24, 2.45) is 7.05 Å². The van der Waals surface area contributed by atoms with Gasteiger partial charge in [0.25, 0.3) is 0 Å². The zero-order chi connectivity index (χ0) is 20.9. The molecule has 0 aliphatic carbocycles. The number of hydrogen-bond donors (Lipinski definition) is 0. The Balaban J connectivity index is 1.43. The van der Waals surface area contributed by atoms with Crippen molar-refractivity contribution in [3.8, 4) is 22.6 Å². The highest BCUT2D eigenvalue weighted by molar-refractivity contribution is 7.99. The van der Waals surface area contributed by atoms with Gasteiger partial charge in [-0.3, -0.25) is 14.1 Å². The Labute approximate surface area is 179 Å². The van der Waals surface area contributed by atoms with Crippen LogP contribution in [-0.2, 0) is 7.05 Å². The van der Waals surface area contributed by atoms with E-state index < -0.39 is 5.82 Å². The monoisotopic (exact) mass is 434 g/mol. The molecule has 0 saturated heterocycles. The van der Waals surface area contributed by atoms with Crippen LogP contribution in [0.15, 0.2) is 59.1 Å². The van der Waals surface area contributed by atoms with Crippen LogP contribution in [0.25, 0.3) is 27.7 Å². The molecule has 0 saturated carbocycles. The second-order valence-electron chi connectivity index (χ2n) is 7.09. The van der Waals surface area contributed by atoms with E-state index in [2.05, 4.69) is 20.3 Å². The van der Waals surface area contributed by atoms with Crippen LogP contribution in [0.3, 0.4) is 0 Å². The highest BCUT2D eigenvalue weighted by atomic mass is 32.2. The Bertz CT molecular complexity index is 1460. The van der Waals surface area contributed by atoms with E-state index in [4.69, 9.17) is 9.47 Å². The standard InChI is InChI=1S/C21H15FN6O2S/c1-27-10-13(8-24-27)12-6-16(22)20-25-26-21(28(20)11-12)31-14-2-3-17-15(7-14)19-18(9-23-17)29-4-5-30-19/h2-3,6-11H,4-5H2,1H3.